The van der Waals surface area contributed by atoms with Crippen LogP contribution >= 0.6 is 11.6 Å². The topological polar surface area (TPSA) is 118 Å². The Hall–Kier alpha value is -3.33. The molecule has 0 saturated heterocycles. The Morgan fingerprint density at radius 1 is 1.33 bits per heavy atom. The molecule has 0 aliphatic rings. The van der Waals surface area contributed by atoms with E-state index in [2.05, 4.69) is 20.6 Å². The van der Waals surface area contributed by atoms with Crippen molar-refractivity contribution in [2.75, 3.05) is 6.61 Å². The Labute approximate surface area is 177 Å². The van der Waals surface area contributed by atoms with Crippen LogP contribution in [0, 0.1) is 0 Å². The molecule has 158 valence electrons. The molecule has 30 heavy (non-hydrogen) atoms. The van der Waals surface area contributed by atoms with Gasteiger partial charge in [0.05, 0.1) is 28.4 Å². The van der Waals surface area contributed by atoms with Crippen LogP contribution in [0.15, 0.2) is 35.4 Å². The van der Waals surface area contributed by atoms with Crippen molar-refractivity contribution in [2.24, 2.45) is 0 Å². The number of hydrogen-bond donors (Lipinski definition) is 3. The Balaban J connectivity index is 1.89. The third kappa shape index (κ3) is 4.80. The number of rotatable bonds is 6. The van der Waals surface area contributed by atoms with Gasteiger partial charge >= 0.3 is 12.0 Å². The molecule has 0 atom stereocenters. The van der Waals surface area contributed by atoms with Gasteiger partial charge in [-0.05, 0) is 44.5 Å². The minimum Gasteiger partial charge on any atom is -0.461 e. The van der Waals surface area contributed by atoms with E-state index in [0.29, 0.717) is 28.3 Å². The molecule has 2 heterocycles. The summed E-state index contributed by atoms with van der Waals surface area (Å²) in [6.45, 7) is 5.89. The van der Waals surface area contributed by atoms with Crippen molar-refractivity contribution in [3.8, 4) is 5.69 Å². The number of ether oxygens (including phenoxy) is 1. The monoisotopic (exact) mass is 431 g/mol. The maximum absolute atomic E-state index is 12.1. The van der Waals surface area contributed by atoms with Crippen LogP contribution in [0.2, 0.25) is 5.02 Å². The van der Waals surface area contributed by atoms with E-state index in [9.17, 15) is 14.4 Å². The highest BCUT2D eigenvalue weighted by atomic mass is 35.5. The van der Waals surface area contributed by atoms with E-state index >= 15 is 0 Å². The highest BCUT2D eigenvalue weighted by Crippen LogP contribution is 2.25. The van der Waals surface area contributed by atoms with Crippen molar-refractivity contribution in [3.63, 3.8) is 0 Å². The van der Waals surface area contributed by atoms with Gasteiger partial charge in [0, 0.05) is 25.0 Å². The van der Waals surface area contributed by atoms with Crippen LogP contribution in [0.5, 0.6) is 0 Å². The first-order valence-corrected chi connectivity index (χ1v) is 9.78. The molecule has 0 unspecified atom stereocenters. The second kappa shape index (κ2) is 9.00. The van der Waals surface area contributed by atoms with E-state index in [4.69, 9.17) is 16.3 Å². The lowest BCUT2D eigenvalue weighted by Crippen LogP contribution is -2.38. The highest BCUT2D eigenvalue weighted by Gasteiger charge is 2.16. The number of amides is 2. The van der Waals surface area contributed by atoms with Crippen molar-refractivity contribution >= 4 is 34.6 Å². The maximum atomic E-state index is 12.1. The molecule has 3 N–H and O–H groups in total. The predicted octanol–water partition coefficient (Wildman–Crippen LogP) is 2.75. The van der Waals surface area contributed by atoms with Crippen molar-refractivity contribution in [1.82, 2.24) is 25.2 Å². The van der Waals surface area contributed by atoms with E-state index in [1.165, 1.54) is 0 Å². The number of carbonyl (C=O) groups excluding carboxylic acids is 2. The molecular formula is C20H22ClN5O4. The molecule has 0 radical (unpaired) electrons. The predicted molar refractivity (Wildman–Crippen MR) is 113 cm³/mol. The molecule has 0 spiro atoms. The Morgan fingerprint density at radius 2 is 2.10 bits per heavy atom. The summed E-state index contributed by atoms with van der Waals surface area (Å²) in [6.07, 6.45) is 3.61. The summed E-state index contributed by atoms with van der Waals surface area (Å²) in [7, 11) is 0. The normalized spacial score (nSPS) is 11.0. The second-order valence-corrected chi connectivity index (χ2v) is 7.27. The van der Waals surface area contributed by atoms with Crippen molar-refractivity contribution in [1.29, 1.82) is 0 Å². The van der Waals surface area contributed by atoms with Gasteiger partial charge in [0.2, 0.25) is 5.69 Å². The summed E-state index contributed by atoms with van der Waals surface area (Å²) in [6, 6.07) is 4.88. The van der Waals surface area contributed by atoms with Gasteiger partial charge in [-0.3, -0.25) is 4.79 Å². The molecule has 0 saturated carbocycles. The van der Waals surface area contributed by atoms with Gasteiger partial charge in [0.1, 0.15) is 0 Å². The van der Waals surface area contributed by atoms with Crippen molar-refractivity contribution in [2.45, 2.75) is 33.4 Å². The maximum Gasteiger partial charge on any atom is 0.362 e. The number of benzene rings is 1. The van der Waals surface area contributed by atoms with Gasteiger partial charge in [0.15, 0.2) is 0 Å². The summed E-state index contributed by atoms with van der Waals surface area (Å²) in [5.41, 5.74) is 1.32. The number of nitrogens with zero attached hydrogens (tertiary/aromatic N) is 2. The number of halogens is 1. The lowest BCUT2D eigenvalue weighted by atomic mass is 10.2. The first-order chi connectivity index (χ1) is 14.3. The Bertz CT molecular complexity index is 1150. The minimum atomic E-state index is -0.786. The fourth-order valence-corrected chi connectivity index (χ4v) is 3.08. The van der Waals surface area contributed by atoms with Crippen LogP contribution in [0.3, 0.4) is 0 Å². The molecule has 0 aliphatic carbocycles. The van der Waals surface area contributed by atoms with Crippen LogP contribution in [-0.4, -0.2) is 39.2 Å². The van der Waals surface area contributed by atoms with Gasteiger partial charge < -0.3 is 24.9 Å². The fourth-order valence-electron chi connectivity index (χ4n) is 2.82. The number of carbonyl (C=O) groups is 2. The lowest BCUT2D eigenvalue weighted by molar-refractivity contribution is 0.0517. The Kier molecular flexibility index (Phi) is 6.41. The molecule has 2 aromatic heterocycles. The van der Waals surface area contributed by atoms with E-state index < -0.39 is 11.5 Å². The van der Waals surface area contributed by atoms with Gasteiger partial charge in [-0.1, -0.05) is 11.6 Å². The van der Waals surface area contributed by atoms with Gasteiger partial charge in [0.25, 0.3) is 5.56 Å². The van der Waals surface area contributed by atoms with E-state index in [-0.39, 0.29) is 24.4 Å². The van der Waals surface area contributed by atoms with Crippen LogP contribution in [0.4, 0.5) is 4.79 Å². The van der Waals surface area contributed by atoms with Crippen molar-refractivity contribution < 1.29 is 14.3 Å². The number of aromatic amines is 1. The summed E-state index contributed by atoms with van der Waals surface area (Å²) >= 11 is 6.39. The largest absolute Gasteiger partial charge is 0.461 e. The van der Waals surface area contributed by atoms with Crippen molar-refractivity contribution in [3.05, 3.63) is 57.2 Å². The van der Waals surface area contributed by atoms with Crippen LogP contribution in [0.25, 0.3) is 16.7 Å². The molecule has 3 aromatic rings. The number of aromatic nitrogens is 3. The molecule has 2 amide bonds. The average molecular weight is 432 g/mol. The minimum absolute atomic E-state index is 0.0458. The van der Waals surface area contributed by atoms with Gasteiger partial charge in [-0.2, -0.15) is 0 Å². The van der Waals surface area contributed by atoms with Crippen LogP contribution in [0.1, 0.15) is 36.8 Å². The first-order valence-electron chi connectivity index (χ1n) is 9.40. The molecule has 1 aromatic carbocycles. The number of urea groups is 1. The summed E-state index contributed by atoms with van der Waals surface area (Å²) in [5, 5.41) is 5.92. The fraction of sp³-hybridized carbons (Fsp3) is 0.300. The molecular weight excluding hydrogens is 410 g/mol. The SMILES string of the molecule is CCOC(=O)c1nc2cc(-n3ccc(CNC(=O)NC(C)C)c3)c(Cl)cc2[nH]c1=O. The third-order valence-electron chi connectivity index (χ3n) is 4.13. The molecule has 3 rings (SSSR count). The molecule has 0 aliphatic heterocycles. The van der Waals surface area contributed by atoms with Gasteiger partial charge in [-0.25, -0.2) is 14.6 Å². The molecule has 9 nitrogen and oxygen atoms in total. The number of nitrogens with one attached hydrogen (secondary N) is 3. The molecule has 0 bridgehead atoms. The van der Waals surface area contributed by atoms with Gasteiger partial charge in [-0.15, -0.1) is 0 Å². The first kappa shape index (κ1) is 21.4. The lowest BCUT2D eigenvalue weighted by Gasteiger charge is -2.10. The second-order valence-electron chi connectivity index (χ2n) is 6.86. The molecule has 0 fully saturated rings. The smallest absolute Gasteiger partial charge is 0.362 e. The number of H-pyrrole nitrogens is 1. The number of esters is 1. The highest BCUT2D eigenvalue weighted by molar-refractivity contribution is 6.33. The zero-order valence-corrected chi connectivity index (χ0v) is 17.5. The molecule has 10 heteroatoms. The third-order valence-corrected chi connectivity index (χ3v) is 4.44. The summed E-state index contributed by atoms with van der Waals surface area (Å²) in [4.78, 5) is 42.6. The van der Waals surface area contributed by atoms with E-state index in [1.54, 1.807) is 29.8 Å². The zero-order valence-electron chi connectivity index (χ0n) is 16.8. The number of fused-ring (bicyclic) bond motifs is 1. The summed E-state index contributed by atoms with van der Waals surface area (Å²) in [5.74, 6) is -0.786. The van der Waals surface area contributed by atoms with Crippen LogP contribution in [-0.2, 0) is 11.3 Å². The zero-order chi connectivity index (χ0) is 21.8. The van der Waals surface area contributed by atoms with E-state index in [1.807, 2.05) is 26.1 Å². The van der Waals surface area contributed by atoms with Crippen LogP contribution < -0.4 is 16.2 Å². The Morgan fingerprint density at radius 3 is 2.80 bits per heavy atom. The quantitative estimate of drug-likeness (QED) is 0.518. The van der Waals surface area contributed by atoms with E-state index in [0.717, 1.165) is 5.56 Å². The standard InChI is InChI=1S/C20H22ClN5O4/c1-4-30-19(28)17-18(27)25-14-7-13(21)16(8-15(14)24-17)26-6-5-12(10-26)9-22-20(29)23-11(2)3/h5-8,10-11H,4,9H2,1-3H3,(H,25,27)(H2,22,23,29). The number of hydrogen-bond acceptors (Lipinski definition) is 5. The summed E-state index contributed by atoms with van der Waals surface area (Å²) < 4.78 is 6.65. The average Bonchev–Trinajstić information content (AvgIpc) is 3.14.